The first-order chi connectivity index (χ1) is 13.5. The largest absolute Gasteiger partial charge is 0.497 e. The molecule has 2 amide bonds. The van der Waals surface area contributed by atoms with E-state index in [4.69, 9.17) is 18.9 Å². The maximum Gasteiger partial charge on any atom is 0.269 e. The van der Waals surface area contributed by atoms with Crippen molar-refractivity contribution in [2.75, 3.05) is 27.9 Å². The highest BCUT2D eigenvalue weighted by atomic mass is 16.5. The molecule has 0 atom stereocenters. The quantitative estimate of drug-likeness (QED) is 0.673. The molecule has 2 rings (SSSR count). The Balaban J connectivity index is 1.98. The van der Waals surface area contributed by atoms with Crippen LogP contribution in [0, 0.1) is 0 Å². The monoisotopic (exact) mass is 388 g/mol. The van der Waals surface area contributed by atoms with E-state index in [1.54, 1.807) is 43.5 Å². The van der Waals surface area contributed by atoms with E-state index in [9.17, 15) is 9.59 Å². The number of amides is 2. The van der Waals surface area contributed by atoms with E-state index in [-0.39, 0.29) is 6.42 Å². The molecule has 0 heterocycles. The summed E-state index contributed by atoms with van der Waals surface area (Å²) in [5.74, 6) is 1.25. The molecule has 0 aliphatic carbocycles. The lowest BCUT2D eigenvalue weighted by Crippen LogP contribution is -2.42. The van der Waals surface area contributed by atoms with E-state index < -0.39 is 11.8 Å². The van der Waals surface area contributed by atoms with E-state index >= 15 is 0 Å². The standard InChI is InChI=1S/C20H24N2O6/c1-5-28-16-9-7-14(10-18(16)27-4)20(24)22-21-19(23)11-13-6-8-15(25-2)12-17(13)26-3/h6-10,12H,5,11H2,1-4H3,(H,21,23)(H,22,24). The van der Waals surface area contributed by atoms with Gasteiger partial charge in [0.15, 0.2) is 11.5 Å². The van der Waals surface area contributed by atoms with E-state index in [1.807, 2.05) is 6.92 Å². The van der Waals surface area contributed by atoms with E-state index in [0.717, 1.165) is 0 Å². The molecule has 0 aliphatic rings. The Morgan fingerprint density at radius 1 is 0.857 bits per heavy atom. The number of hydrogen-bond acceptors (Lipinski definition) is 6. The topological polar surface area (TPSA) is 95.1 Å². The molecule has 150 valence electrons. The van der Waals surface area contributed by atoms with Gasteiger partial charge in [-0.2, -0.15) is 0 Å². The van der Waals surface area contributed by atoms with Crippen LogP contribution < -0.4 is 29.8 Å². The first kappa shape index (κ1) is 20.9. The molecule has 8 heteroatoms. The summed E-state index contributed by atoms with van der Waals surface area (Å²) in [6.07, 6.45) is 0.0278. The van der Waals surface area contributed by atoms with Crippen molar-refractivity contribution < 1.29 is 28.5 Å². The molecule has 0 unspecified atom stereocenters. The summed E-state index contributed by atoms with van der Waals surface area (Å²) >= 11 is 0. The maximum absolute atomic E-state index is 12.3. The van der Waals surface area contributed by atoms with Crippen LogP contribution in [-0.2, 0) is 11.2 Å². The number of nitrogens with one attached hydrogen (secondary N) is 2. The Kier molecular flexibility index (Phi) is 7.50. The third-order valence-electron chi connectivity index (χ3n) is 3.89. The van der Waals surface area contributed by atoms with E-state index in [0.29, 0.717) is 40.7 Å². The van der Waals surface area contributed by atoms with Gasteiger partial charge in [0, 0.05) is 17.2 Å². The van der Waals surface area contributed by atoms with Crippen LogP contribution in [0.1, 0.15) is 22.8 Å². The molecule has 0 saturated carbocycles. The van der Waals surface area contributed by atoms with Crippen molar-refractivity contribution in [3.8, 4) is 23.0 Å². The molecule has 0 bridgehead atoms. The number of hydrazine groups is 1. The minimum atomic E-state index is -0.476. The van der Waals surface area contributed by atoms with Gasteiger partial charge in [0.2, 0.25) is 5.91 Å². The van der Waals surface area contributed by atoms with Gasteiger partial charge < -0.3 is 18.9 Å². The molecular weight excluding hydrogens is 364 g/mol. The van der Waals surface area contributed by atoms with Crippen molar-refractivity contribution in [1.82, 2.24) is 10.9 Å². The summed E-state index contributed by atoms with van der Waals surface area (Å²) in [6.45, 7) is 2.33. The van der Waals surface area contributed by atoms with Gasteiger partial charge >= 0.3 is 0 Å². The summed E-state index contributed by atoms with van der Waals surface area (Å²) in [4.78, 5) is 24.5. The molecule has 2 N–H and O–H groups in total. The van der Waals surface area contributed by atoms with Crippen LogP contribution in [0.4, 0.5) is 0 Å². The van der Waals surface area contributed by atoms with Crippen molar-refractivity contribution >= 4 is 11.8 Å². The van der Waals surface area contributed by atoms with Gasteiger partial charge in [-0.15, -0.1) is 0 Å². The summed E-state index contributed by atoms with van der Waals surface area (Å²) in [5.41, 5.74) is 5.76. The first-order valence-electron chi connectivity index (χ1n) is 8.63. The van der Waals surface area contributed by atoms with Crippen molar-refractivity contribution in [1.29, 1.82) is 0 Å². The zero-order valence-corrected chi connectivity index (χ0v) is 16.3. The summed E-state index contributed by atoms with van der Waals surface area (Å²) < 4.78 is 21.0. The zero-order valence-electron chi connectivity index (χ0n) is 16.3. The molecule has 0 spiro atoms. The molecule has 8 nitrogen and oxygen atoms in total. The highest BCUT2D eigenvalue weighted by molar-refractivity contribution is 5.96. The van der Waals surface area contributed by atoms with Crippen LogP contribution in [0.2, 0.25) is 0 Å². The van der Waals surface area contributed by atoms with Crippen LogP contribution in [0.15, 0.2) is 36.4 Å². The maximum atomic E-state index is 12.3. The molecule has 2 aromatic rings. The number of benzene rings is 2. The number of hydrogen-bond donors (Lipinski definition) is 2. The molecule has 2 aromatic carbocycles. The lowest BCUT2D eigenvalue weighted by atomic mass is 10.1. The molecule has 0 saturated heterocycles. The lowest BCUT2D eigenvalue weighted by Gasteiger charge is -2.12. The van der Waals surface area contributed by atoms with E-state index in [2.05, 4.69) is 10.9 Å². The highest BCUT2D eigenvalue weighted by Crippen LogP contribution is 2.28. The minimum absolute atomic E-state index is 0.0278. The minimum Gasteiger partial charge on any atom is -0.497 e. The van der Waals surface area contributed by atoms with Crippen LogP contribution in [0.25, 0.3) is 0 Å². The Morgan fingerprint density at radius 2 is 1.61 bits per heavy atom. The normalized spacial score (nSPS) is 10.0. The molecular formula is C20H24N2O6. The van der Waals surface area contributed by atoms with Crippen LogP contribution in [-0.4, -0.2) is 39.8 Å². The van der Waals surface area contributed by atoms with Crippen LogP contribution in [0.5, 0.6) is 23.0 Å². The Hall–Kier alpha value is -3.42. The fourth-order valence-electron chi connectivity index (χ4n) is 2.50. The summed E-state index contributed by atoms with van der Waals surface area (Å²) in [6, 6.07) is 9.92. The number of ether oxygens (including phenoxy) is 4. The number of carbonyl (C=O) groups excluding carboxylic acids is 2. The van der Waals surface area contributed by atoms with Crippen LogP contribution >= 0.6 is 0 Å². The van der Waals surface area contributed by atoms with Crippen molar-refractivity contribution in [2.24, 2.45) is 0 Å². The Morgan fingerprint density at radius 3 is 2.25 bits per heavy atom. The first-order valence-corrected chi connectivity index (χ1v) is 8.63. The number of methoxy groups -OCH3 is 3. The SMILES string of the molecule is CCOc1ccc(C(=O)NNC(=O)Cc2ccc(OC)cc2OC)cc1OC. The van der Waals surface area contributed by atoms with Crippen molar-refractivity contribution in [2.45, 2.75) is 13.3 Å². The van der Waals surface area contributed by atoms with Gasteiger partial charge in [-0.05, 0) is 31.2 Å². The molecule has 0 radical (unpaired) electrons. The average Bonchev–Trinajstić information content (AvgIpc) is 2.72. The smallest absolute Gasteiger partial charge is 0.269 e. The average molecular weight is 388 g/mol. The zero-order chi connectivity index (χ0) is 20.5. The lowest BCUT2D eigenvalue weighted by molar-refractivity contribution is -0.121. The van der Waals surface area contributed by atoms with Crippen LogP contribution in [0.3, 0.4) is 0 Å². The van der Waals surface area contributed by atoms with Gasteiger partial charge in [0.1, 0.15) is 11.5 Å². The molecule has 0 aliphatic heterocycles. The number of carbonyl (C=O) groups is 2. The van der Waals surface area contributed by atoms with Gasteiger partial charge in [-0.25, -0.2) is 0 Å². The predicted octanol–water partition coefficient (Wildman–Crippen LogP) is 2.11. The van der Waals surface area contributed by atoms with Gasteiger partial charge in [0.05, 0.1) is 34.4 Å². The second kappa shape index (κ2) is 10.1. The Bertz CT molecular complexity index is 837. The van der Waals surface area contributed by atoms with Gasteiger partial charge in [0.25, 0.3) is 5.91 Å². The highest BCUT2D eigenvalue weighted by Gasteiger charge is 2.14. The second-order valence-corrected chi connectivity index (χ2v) is 5.66. The number of rotatable bonds is 8. The fraction of sp³-hybridized carbons (Fsp3) is 0.300. The summed E-state index contributed by atoms with van der Waals surface area (Å²) in [5, 5.41) is 0. The van der Waals surface area contributed by atoms with Gasteiger partial charge in [-0.3, -0.25) is 20.4 Å². The predicted molar refractivity (Wildman–Crippen MR) is 103 cm³/mol. The van der Waals surface area contributed by atoms with Crippen molar-refractivity contribution in [3.05, 3.63) is 47.5 Å². The fourth-order valence-corrected chi connectivity index (χ4v) is 2.50. The molecule has 0 fully saturated rings. The Labute approximate surface area is 163 Å². The molecule has 28 heavy (non-hydrogen) atoms. The molecule has 0 aromatic heterocycles. The summed E-state index contributed by atoms with van der Waals surface area (Å²) in [7, 11) is 4.55. The second-order valence-electron chi connectivity index (χ2n) is 5.66. The third kappa shape index (κ3) is 5.29. The third-order valence-corrected chi connectivity index (χ3v) is 3.89. The van der Waals surface area contributed by atoms with Gasteiger partial charge in [-0.1, -0.05) is 6.07 Å². The van der Waals surface area contributed by atoms with E-state index in [1.165, 1.54) is 14.2 Å². The van der Waals surface area contributed by atoms with Crippen molar-refractivity contribution in [3.63, 3.8) is 0 Å².